The highest BCUT2D eigenvalue weighted by molar-refractivity contribution is 7.90. The van der Waals surface area contributed by atoms with Gasteiger partial charge in [0.2, 0.25) is 0 Å². The van der Waals surface area contributed by atoms with E-state index in [9.17, 15) is 13.2 Å². The average Bonchev–Trinajstić information content (AvgIpc) is 3.64. The molecule has 0 amide bonds. The maximum atomic E-state index is 13.2. The predicted molar refractivity (Wildman–Crippen MR) is 138 cm³/mol. The molecule has 0 radical (unpaired) electrons. The number of fused-ring (bicyclic) bond motifs is 1. The summed E-state index contributed by atoms with van der Waals surface area (Å²) in [5.74, 6) is 1.18. The molecule has 0 aliphatic heterocycles. The first-order chi connectivity index (χ1) is 17.3. The van der Waals surface area contributed by atoms with Crippen LogP contribution in [0.25, 0.3) is 22.3 Å². The Morgan fingerprint density at radius 1 is 1.11 bits per heavy atom. The van der Waals surface area contributed by atoms with Gasteiger partial charge in [0, 0.05) is 30.1 Å². The summed E-state index contributed by atoms with van der Waals surface area (Å²) >= 11 is 0. The van der Waals surface area contributed by atoms with Crippen LogP contribution in [0.15, 0.2) is 53.6 Å². The lowest BCUT2D eigenvalue weighted by Crippen LogP contribution is -2.28. The summed E-state index contributed by atoms with van der Waals surface area (Å²) in [6.45, 7) is 2.27. The number of methoxy groups -OCH3 is 1. The molecule has 10 heteroatoms. The summed E-state index contributed by atoms with van der Waals surface area (Å²) in [7, 11) is -1.91. The minimum Gasteiger partial charge on any atom is -0.493 e. The molecule has 1 N–H and O–H groups in total. The molecule has 1 unspecified atom stereocenters. The SMILES string of the molecule is CCOc1cc(C(CS(C)(=O)=O)n2c(=O)[nH]c3cc(-c4nccnc4C4CC4)ccc32)ccc1OC. The molecule has 5 rings (SSSR count). The van der Waals surface area contributed by atoms with Crippen molar-refractivity contribution in [3.63, 3.8) is 0 Å². The smallest absolute Gasteiger partial charge is 0.327 e. The number of aromatic nitrogens is 4. The van der Waals surface area contributed by atoms with Crippen LogP contribution in [0.1, 0.15) is 43.0 Å². The van der Waals surface area contributed by atoms with Crippen LogP contribution in [0, 0.1) is 0 Å². The first-order valence-corrected chi connectivity index (χ1v) is 13.9. The molecule has 4 aromatic rings. The lowest BCUT2D eigenvalue weighted by molar-refractivity contribution is 0.310. The summed E-state index contributed by atoms with van der Waals surface area (Å²) < 4.78 is 37.5. The lowest BCUT2D eigenvalue weighted by Gasteiger charge is -2.20. The standard InChI is InChI=1S/C26H28N4O5S/c1-4-35-23-14-17(8-10-22(23)34-2)21(15-36(3,32)33)30-20-9-7-18(13-19(20)29-26(30)31)25-24(16-5-6-16)27-11-12-28-25/h7-14,16,21H,4-6,15H2,1-3H3,(H,29,31). The molecule has 2 aromatic carbocycles. The zero-order valence-electron chi connectivity index (χ0n) is 20.4. The quantitative estimate of drug-likeness (QED) is 0.366. The number of nitrogens with zero attached hydrogens (tertiary/aromatic N) is 3. The Balaban J connectivity index is 1.64. The van der Waals surface area contributed by atoms with Gasteiger partial charge in [-0.3, -0.25) is 14.5 Å². The second kappa shape index (κ2) is 9.42. The van der Waals surface area contributed by atoms with Gasteiger partial charge in [-0.1, -0.05) is 12.1 Å². The molecule has 9 nitrogen and oxygen atoms in total. The summed E-state index contributed by atoms with van der Waals surface area (Å²) in [6.07, 6.45) is 6.73. The van der Waals surface area contributed by atoms with Gasteiger partial charge in [0.05, 0.1) is 47.9 Å². The number of rotatable bonds is 9. The molecule has 2 heterocycles. The van der Waals surface area contributed by atoms with Crippen LogP contribution in [0.3, 0.4) is 0 Å². The minimum atomic E-state index is -3.45. The third kappa shape index (κ3) is 4.73. The van der Waals surface area contributed by atoms with Crippen molar-refractivity contribution >= 4 is 20.9 Å². The highest BCUT2D eigenvalue weighted by Crippen LogP contribution is 2.42. The fourth-order valence-electron chi connectivity index (χ4n) is 4.59. The summed E-state index contributed by atoms with van der Waals surface area (Å²) in [4.78, 5) is 25.2. The van der Waals surface area contributed by atoms with Crippen LogP contribution in [0.2, 0.25) is 0 Å². The fraction of sp³-hybridized carbons (Fsp3) is 0.346. The molecule has 2 aromatic heterocycles. The van der Waals surface area contributed by atoms with E-state index in [4.69, 9.17) is 9.47 Å². The van der Waals surface area contributed by atoms with E-state index in [2.05, 4.69) is 15.0 Å². The lowest BCUT2D eigenvalue weighted by atomic mass is 10.1. The van der Waals surface area contributed by atoms with Crippen molar-refractivity contribution < 1.29 is 17.9 Å². The van der Waals surface area contributed by atoms with Gasteiger partial charge in [0.25, 0.3) is 0 Å². The second-order valence-electron chi connectivity index (χ2n) is 9.05. The Morgan fingerprint density at radius 2 is 1.89 bits per heavy atom. The van der Waals surface area contributed by atoms with Gasteiger partial charge in [-0.05, 0) is 49.6 Å². The summed E-state index contributed by atoms with van der Waals surface area (Å²) in [6, 6.07) is 10.1. The Labute approximate surface area is 209 Å². The van der Waals surface area contributed by atoms with E-state index in [1.54, 1.807) is 37.7 Å². The Kier molecular flexibility index (Phi) is 6.29. The minimum absolute atomic E-state index is 0.254. The molecule has 36 heavy (non-hydrogen) atoms. The van der Waals surface area contributed by atoms with Gasteiger partial charge in [0.15, 0.2) is 11.5 Å². The van der Waals surface area contributed by atoms with Crippen LogP contribution in [-0.4, -0.2) is 53.7 Å². The Hall–Kier alpha value is -3.66. The summed E-state index contributed by atoms with van der Waals surface area (Å²) in [5.41, 5.74) is 4.06. The number of aromatic amines is 1. The Bertz CT molecular complexity index is 1590. The number of sulfone groups is 1. The molecule has 1 atom stereocenters. The third-order valence-electron chi connectivity index (χ3n) is 6.33. The van der Waals surface area contributed by atoms with Crippen LogP contribution in [0.4, 0.5) is 0 Å². The molecule has 0 spiro atoms. The molecular formula is C26H28N4O5S. The number of hydrogen-bond donors (Lipinski definition) is 1. The molecule has 1 aliphatic rings. The van der Waals surface area contributed by atoms with Crippen molar-refractivity contribution in [3.05, 3.63) is 70.5 Å². The largest absolute Gasteiger partial charge is 0.493 e. The van der Waals surface area contributed by atoms with Gasteiger partial charge in [-0.25, -0.2) is 13.2 Å². The Morgan fingerprint density at radius 3 is 2.58 bits per heavy atom. The zero-order valence-corrected chi connectivity index (χ0v) is 21.2. The van der Waals surface area contributed by atoms with E-state index in [1.807, 2.05) is 25.1 Å². The van der Waals surface area contributed by atoms with Crippen molar-refractivity contribution in [2.45, 2.75) is 31.7 Å². The van der Waals surface area contributed by atoms with E-state index >= 15 is 0 Å². The van der Waals surface area contributed by atoms with Gasteiger partial charge < -0.3 is 14.5 Å². The number of imidazole rings is 1. The van der Waals surface area contributed by atoms with E-state index in [0.29, 0.717) is 40.6 Å². The zero-order chi connectivity index (χ0) is 25.4. The van der Waals surface area contributed by atoms with E-state index in [-0.39, 0.29) is 5.75 Å². The van der Waals surface area contributed by atoms with Gasteiger partial charge in [-0.2, -0.15) is 0 Å². The highest BCUT2D eigenvalue weighted by atomic mass is 32.2. The molecule has 1 aliphatic carbocycles. The number of nitrogens with one attached hydrogen (secondary N) is 1. The fourth-order valence-corrected chi connectivity index (χ4v) is 5.51. The van der Waals surface area contributed by atoms with E-state index in [1.165, 1.54) is 10.8 Å². The first kappa shape index (κ1) is 24.1. The van der Waals surface area contributed by atoms with E-state index in [0.717, 1.165) is 29.8 Å². The molecule has 0 saturated heterocycles. The van der Waals surface area contributed by atoms with Crippen molar-refractivity contribution in [2.75, 3.05) is 25.7 Å². The van der Waals surface area contributed by atoms with Gasteiger partial charge in [0.1, 0.15) is 9.84 Å². The first-order valence-electron chi connectivity index (χ1n) is 11.8. The number of ether oxygens (including phenoxy) is 2. The average molecular weight is 509 g/mol. The van der Waals surface area contributed by atoms with Crippen LogP contribution >= 0.6 is 0 Å². The number of benzene rings is 2. The van der Waals surface area contributed by atoms with Crippen molar-refractivity contribution in [3.8, 4) is 22.8 Å². The maximum absolute atomic E-state index is 13.2. The maximum Gasteiger partial charge on any atom is 0.327 e. The van der Waals surface area contributed by atoms with Crippen molar-refractivity contribution in [1.29, 1.82) is 0 Å². The molecule has 188 valence electrons. The molecular weight excluding hydrogens is 480 g/mol. The predicted octanol–water partition coefficient (Wildman–Crippen LogP) is 3.71. The third-order valence-corrected chi connectivity index (χ3v) is 7.25. The summed E-state index contributed by atoms with van der Waals surface area (Å²) in [5, 5.41) is 0. The topological polar surface area (TPSA) is 116 Å². The normalized spacial score (nSPS) is 14.6. The molecule has 1 fully saturated rings. The monoisotopic (exact) mass is 508 g/mol. The van der Waals surface area contributed by atoms with E-state index < -0.39 is 21.6 Å². The highest BCUT2D eigenvalue weighted by Gasteiger charge is 2.29. The second-order valence-corrected chi connectivity index (χ2v) is 11.2. The van der Waals surface area contributed by atoms with Gasteiger partial charge in [-0.15, -0.1) is 0 Å². The molecule has 0 bridgehead atoms. The molecule has 1 saturated carbocycles. The number of H-pyrrole nitrogens is 1. The van der Waals surface area contributed by atoms with Crippen molar-refractivity contribution in [1.82, 2.24) is 19.5 Å². The van der Waals surface area contributed by atoms with Crippen LogP contribution in [0.5, 0.6) is 11.5 Å². The number of hydrogen-bond acceptors (Lipinski definition) is 7. The van der Waals surface area contributed by atoms with Crippen molar-refractivity contribution in [2.24, 2.45) is 0 Å². The van der Waals surface area contributed by atoms with Gasteiger partial charge >= 0.3 is 5.69 Å². The van der Waals surface area contributed by atoms with Crippen LogP contribution in [-0.2, 0) is 9.84 Å². The van der Waals surface area contributed by atoms with Crippen LogP contribution < -0.4 is 15.2 Å².